The molecular weight excluding hydrogens is 515 g/mol. The van der Waals surface area contributed by atoms with E-state index >= 15 is 0 Å². The predicted octanol–water partition coefficient (Wildman–Crippen LogP) is 7.60. The molecule has 202 valence electrons. The van der Waals surface area contributed by atoms with E-state index in [1.165, 1.54) is 5.56 Å². The lowest BCUT2D eigenvalue weighted by Gasteiger charge is -2.34. The fourth-order valence-corrected chi connectivity index (χ4v) is 4.77. The van der Waals surface area contributed by atoms with Gasteiger partial charge in [0.25, 0.3) is 0 Å². The van der Waals surface area contributed by atoms with E-state index in [-0.39, 0.29) is 24.8 Å². The summed E-state index contributed by atoms with van der Waals surface area (Å²) in [6.45, 7) is 10.3. The van der Waals surface area contributed by atoms with Gasteiger partial charge in [0.05, 0.1) is 0 Å². The topological polar surface area (TPSA) is 49.4 Å². The first-order valence-corrected chi connectivity index (χ1v) is 13.9. The second-order valence-corrected chi connectivity index (χ2v) is 11.9. The SMILES string of the molecule is CC(C)c1ccc(CCC(=O)N(Cc2ccc(Cl)cc2Cl)[C@@H](Cc2ccccc2)C(=O)NC(C)(C)C)cc1. The maximum atomic E-state index is 13.9. The summed E-state index contributed by atoms with van der Waals surface area (Å²) in [6.07, 6.45) is 1.25. The lowest BCUT2D eigenvalue weighted by molar-refractivity contribution is -0.141. The third kappa shape index (κ3) is 8.89. The lowest BCUT2D eigenvalue weighted by atomic mass is 9.98. The van der Waals surface area contributed by atoms with Gasteiger partial charge in [-0.25, -0.2) is 0 Å². The highest BCUT2D eigenvalue weighted by Crippen LogP contribution is 2.25. The number of hydrogen-bond donors (Lipinski definition) is 1. The van der Waals surface area contributed by atoms with E-state index < -0.39 is 11.6 Å². The highest BCUT2D eigenvalue weighted by Gasteiger charge is 2.32. The van der Waals surface area contributed by atoms with E-state index in [2.05, 4.69) is 43.4 Å². The zero-order valence-electron chi connectivity index (χ0n) is 22.9. The molecule has 3 rings (SSSR count). The molecule has 0 saturated heterocycles. The van der Waals surface area contributed by atoms with Crippen molar-refractivity contribution in [3.05, 3.63) is 105 Å². The van der Waals surface area contributed by atoms with Crippen molar-refractivity contribution in [2.24, 2.45) is 0 Å². The van der Waals surface area contributed by atoms with Crippen LogP contribution >= 0.6 is 23.2 Å². The number of nitrogens with zero attached hydrogens (tertiary/aromatic N) is 1. The predicted molar refractivity (Wildman–Crippen MR) is 158 cm³/mol. The summed E-state index contributed by atoms with van der Waals surface area (Å²) < 4.78 is 0. The second kappa shape index (κ2) is 13.3. The number of amides is 2. The first-order valence-electron chi connectivity index (χ1n) is 13.1. The zero-order chi connectivity index (χ0) is 27.9. The molecule has 0 fully saturated rings. The van der Waals surface area contributed by atoms with E-state index in [0.717, 1.165) is 16.7 Å². The Bertz CT molecular complexity index is 1220. The van der Waals surface area contributed by atoms with Crippen LogP contribution in [0.4, 0.5) is 0 Å². The summed E-state index contributed by atoms with van der Waals surface area (Å²) in [4.78, 5) is 29.2. The van der Waals surface area contributed by atoms with Crippen LogP contribution in [0, 0.1) is 0 Å². The summed E-state index contributed by atoms with van der Waals surface area (Å²) in [6, 6.07) is 22.7. The highest BCUT2D eigenvalue weighted by molar-refractivity contribution is 6.35. The summed E-state index contributed by atoms with van der Waals surface area (Å²) in [5, 5.41) is 4.08. The van der Waals surface area contributed by atoms with Crippen LogP contribution < -0.4 is 5.32 Å². The number of aryl methyl sites for hydroxylation is 1. The monoisotopic (exact) mass is 552 g/mol. The molecule has 3 aromatic rings. The van der Waals surface area contributed by atoms with E-state index in [1.54, 1.807) is 17.0 Å². The van der Waals surface area contributed by atoms with Crippen molar-refractivity contribution in [2.75, 3.05) is 0 Å². The molecule has 6 heteroatoms. The highest BCUT2D eigenvalue weighted by atomic mass is 35.5. The fourth-order valence-electron chi connectivity index (χ4n) is 4.30. The van der Waals surface area contributed by atoms with Gasteiger partial charge >= 0.3 is 0 Å². The van der Waals surface area contributed by atoms with Gasteiger partial charge in [-0.1, -0.05) is 97.7 Å². The van der Waals surface area contributed by atoms with Crippen LogP contribution in [-0.4, -0.2) is 28.3 Å². The molecule has 0 aliphatic rings. The molecule has 0 aliphatic heterocycles. The van der Waals surface area contributed by atoms with Gasteiger partial charge in [-0.15, -0.1) is 0 Å². The van der Waals surface area contributed by atoms with E-state index in [0.29, 0.717) is 28.8 Å². The van der Waals surface area contributed by atoms with Crippen molar-refractivity contribution in [2.45, 2.75) is 77.9 Å². The zero-order valence-corrected chi connectivity index (χ0v) is 24.4. The molecule has 0 spiro atoms. The Morgan fingerprint density at radius 3 is 2.13 bits per heavy atom. The van der Waals surface area contributed by atoms with Crippen LogP contribution in [0.15, 0.2) is 72.8 Å². The van der Waals surface area contributed by atoms with Gasteiger partial charge in [0.2, 0.25) is 11.8 Å². The molecule has 0 heterocycles. The van der Waals surface area contributed by atoms with E-state index in [4.69, 9.17) is 23.2 Å². The Morgan fingerprint density at radius 2 is 1.55 bits per heavy atom. The smallest absolute Gasteiger partial charge is 0.243 e. The van der Waals surface area contributed by atoms with Gasteiger partial charge < -0.3 is 10.2 Å². The molecular formula is C32H38Cl2N2O2. The third-order valence-corrected chi connectivity index (χ3v) is 6.99. The molecule has 1 atom stereocenters. The number of rotatable bonds is 10. The van der Waals surface area contributed by atoms with Crippen molar-refractivity contribution < 1.29 is 9.59 Å². The van der Waals surface area contributed by atoms with Crippen LogP contribution in [0.1, 0.15) is 69.2 Å². The molecule has 0 saturated carbocycles. The number of nitrogens with one attached hydrogen (secondary N) is 1. The fraction of sp³-hybridized carbons (Fsp3) is 0.375. The Labute approximate surface area is 237 Å². The summed E-state index contributed by atoms with van der Waals surface area (Å²) in [5.41, 5.74) is 3.63. The van der Waals surface area contributed by atoms with E-state index in [1.807, 2.05) is 57.2 Å². The molecule has 0 radical (unpaired) electrons. The van der Waals surface area contributed by atoms with Crippen molar-refractivity contribution in [3.63, 3.8) is 0 Å². The van der Waals surface area contributed by atoms with Crippen molar-refractivity contribution in [3.8, 4) is 0 Å². The third-order valence-electron chi connectivity index (χ3n) is 6.40. The Morgan fingerprint density at radius 1 is 0.895 bits per heavy atom. The first kappa shape index (κ1) is 29.7. The summed E-state index contributed by atoms with van der Waals surface area (Å²) in [7, 11) is 0. The summed E-state index contributed by atoms with van der Waals surface area (Å²) in [5.74, 6) is 0.153. The number of halogens is 2. The number of carbonyl (C=O) groups is 2. The molecule has 2 amide bonds. The van der Waals surface area contributed by atoms with Gasteiger partial charge in [0, 0.05) is 35.0 Å². The second-order valence-electron chi connectivity index (χ2n) is 11.1. The van der Waals surface area contributed by atoms with Crippen LogP contribution in [0.5, 0.6) is 0 Å². The molecule has 3 aromatic carbocycles. The van der Waals surface area contributed by atoms with Gasteiger partial charge in [-0.3, -0.25) is 9.59 Å². The van der Waals surface area contributed by atoms with Gasteiger partial charge in [0.1, 0.15) is 6.04 Å². The minimum atomic E-state index is -0.709. The normalized spacial score (nSPS) is 12.3. The van der Waals surface area contributed by atoms with Crippen molar-refractivity contribution in [1.29, 1.82) is 0 Å². The molecule has 0 bridgehead atoms. The van der Waals surface area contributed by atoms with Crippen LogP contribution in [0.2, 0.25) is 10.0 Å². The number of hydrogen-bond acceptors (Lipinski definition) is 2. The Kier molecular flexibility index (Phi) is 10.4. The minimum Gasteiger partial charge on any atom is -0.350 e. The number of benzene rings is 3. The van der Waals surface area contributed by atoms with Crippen LogP contribution in [0.3, 0.4) is 0 Å². The largest absolute Gasteiger partial charge is 0.350 e. The maximum absolute atomic E-state index is 13.9. The molecule has 0 unspecified atom stereocenters. The molecule has 38 heavy (non-hydrogen) atoms. The summed E-state index contributed by atoms with van der Waals surface area (Å²) >= 11 is 12.6. The van der Waals surface area contributed by atoms with Gasteiger partial charge in [-0.05, 0) is 67.5 Å². The first-order chi connectivity index (χ1) is 17.9. The van der Waals surface area contributed by atoms with Crippen molar-refractivity contribution in [1.82, 2.24) is 10.2 Å². The van der Waals surface area contributed by atoms with E-state index in [9.17, 15) is 9.59 Å². The van der Waals surface area contributed by atoms with Crippen LogP contribution in [0.25, 0.3) is 0 Å². The average molecular weight is 554 g/mol. The quantitative estimate of drug-likeness (QED) is 0.281. The van der Waals surface area contributed by atoms with Gasteiger partial charge in [-0.2, -0.15) is 0 Å². The van der Waals surface area contributed by atoms with Crippen LogP contribution in [-0.2, 0) is 29.0 Å². The molecule has 4 nitrogen and oxygen atoms in total. The molecule has 0 aliphatic carbocycles. The minimum absolute atomic E-state index is 0.103. The van der Waals surface area contributed by atoms with Crippen molar-refractivity contribution >= 4 is 35.0 Å². The lowest BCUT2D eigenvalue weighted by Crippen LogP contribution is -2.54. The average Bonchev–Trinajstić information content (AvgIpc) is 2.85. The molecule has 0 aromatic heterocycles. The number of carbonyl (C=O) groups excluding carboxylic acids is 2. The van der Waals surface area contributed by atoms with Gasteiger partial charge in [0.15, 0.2) is 0 Å². The molecule has 1 N–H and O–H groups in total. The maximum Gasteiger partial charge on any atom is 0.243 e. The Balaban J connectivity index is 1.93. The standard InChI is InChI=1S/C32H38Cl2N2O2/c1-22(2)25-14-11-23(12-15-25)13-18-30(37)36(21-26-16-17-27(33)20-28(26)34)29(31(38)35-32(3,4)5)19-24-9-7-6-8-10-24/h6-12,14-17,20,22,29H,13,18-19,21H2,1-5H3,(H,35,38)/t29-/m0/s1. The Hall–Kier alpha value is -2.82.